The highest BCUT2D eigenvalue weighted by Crippen LogP contribution is 2.77. The minimum Gasteiger partial charge on any atom is -0.481 e. The summed E-state index contributed by atoms with van der Waals surface area (Å²) in [6.07, 6.45) is 14.4. The Balaban J connectivity index is 1.39. The lowest BCUT2D eigenvalue weighted by Gasteiger charge is -2.46. The third-order valence-corrected chi connectivity index (χ3v) is 10.9. The lowest BCUT2D eigenvalue weighted by atomic mass is 9.56. The summed E-state index contributed by atoms with van der Waals surface area (Å²) in [5.74, 6) is -5.14. The van der Waals surface area contributed by atoms with Gasteiger partial charge in [0, 0.05) is 5.41 Å². The second kappa shape index (κ2) is 6.65. The Morgan fingerprint density at radius 1 is 0.771 bits per heavy atom. The summed E-state index contributed by atoms with van der Waals surface area (Å²) in [5, 5.41) is 40.3. The molecule has 3 saturated carbocycles. The van der Waals surface area contributed by atoms with Crippen LogP contribution in [0, 0.1) is 50.7 Å². The van der Waals surface area contributed by atoms with Crippen LogP contribution >= 0.6 is 0 Å². The first-order chi connectivity index (χ1) is 16.4. The molecule has 4 N–H and O–H groups in total. The molecule has 35 heavy (non-hydrogen) atoms. The van der Waals surface area contributed by atoms with Crippen molar-refractivity contribution in [3.63, 3.8) is 0 Å². The summed E-state index contributed by atoms with van der Waals surface area (Å²) in [7, 11) is 0. The van der Waals surface area contributed by atoms with Crippen LogP contribution in [0.4, 0.5) is 0 Å². The summed E-state index contributed by atoms with van der Waals surface area (Å²) in [5.41, 5.74) is -4.58. The van der Waals surface area contributed by atoms with E-state index in [4.69, 9.17) is 0 Å². The predicted molar refractivity (Wildman–Crippen MR) is 121 cm³/mol. The number of hydrogen-bond donors (Lipinski definition) is 4. The molecule has 0 aromatic rings. The zero-order valence-electron chi connectivity index (χ0n) is 19.4. The van der Waals surface area contributed by atoms with Gasteiger partial charge in [-0.15, -0.1) is 0 Å². The fourth-order valence-corrected chi connectivity index (χ4v) is 9.61. The van der Waals surface area contributed by atoms with Crippen molar-refractivity contribution in [1.82, 2.24) is 0 Å². The van der Waals surface area contributed by atoms with Crippen LogP contribution in [0.25, 0.3) is 0 Å². The average Bonchev–Trinajstić information content (AvgIpc) is 3.59. The van der Waals surface area contributed by atoms with E-state index in [0.717, 1.165) is 6.42 Å². The molecule has 6 aliphatic rings. The van der Waals surface area contributed by atoms with Gasteiger partial charge in [0.25, 0.3) is 0 Å². The molecule has 8 nitrogen and oxygen atoms in total. The number of carbonyl (C=O) groups is 4. The van der Waals surface area contributed by atoms with Gasteiger partial charge >= 0.3 is 23.9 Å². The van der Waals surface area contributed by atoms with E-state index < -0.39 is 69.2 Å². The lowest BCUT2D eigenvalue weighted by molar-refractivity contribution is -0.158. The third kappa shape index (κ3) is 2.63. The van der Waals surface area contributed by atoms with Crippen LogP contribution in [-0.4, -0.2) is 44.3 Å². The molecule has 0 aromatic heterocycles. The van der Waals surface area contributed by atoms with E-state index in [0.29, 0.717) is 32.1 Å². The molecular weight excluding hydrogens is 452 g/mol. The molecule has 0 radical (unpaired) electrons. The summed E-state index contributed by atoms with van der Waals surface area (Å²) >= 11 is 0. The van der Waals surface area contributed by atoms with Crippen LogP contribution in [-0.2, 0) is 19.2 Å². The van der Waals surface area contributed by atoms with Crippen molar-refractivity contribution in [2.75, 3.05) is 0 Å². The summed E-state index contributed by atoms with van der Waals surface area (Å²) in [6, 6.07) is 0. The molecular formula is C27H30O8. The van der Waals surface area contributed by atoms with Crippen LogP contribution in [0.5, 0.6) is 0 Å². The highest BCUT2D eigenvalue weighted by molar-refractivity contribution is 5.84. The standard InChI is InChI=1S/C27H30O8/c28-19(29)11-26(22(34)35)14-24(4-3-17(26)9-24)27-6-5-23(13-27,10-18(27)20(30)31)12-25(21(32)33)8-15-1-2-16(25)7-15/h1-6,15-18H,7-14H2,(H,28,29)(H,30,31)(H,32,33)(H,34,35). The van der Waals surface area contributed by atoms with E-state index in [1.807, 2.05) is 24.3 Å². The van der Waals surface area contributed by atoms with Crippen molar-refractivity contribution in [3.8, 4) is 0 Å². The molecule has 9 unspecified atom stereocenters. The van der Waals surface area contributed by atoms with Crippen LogP contribution in [0.1, 0.15) is 51.4 Å². The second-order valence-electron chi connectivity index (χ2n) is 12.4. The molecule has 0 heterocycles. The summed E-state index contributed by atoms with van der Waals surface area (Å²) in [4.78, 5) is 49.3. The first-order valence-corrected chi connectivity index (χ1v) is 12.4. The number of aliphatic carboxylic acids is 4. The first kappa shape index (κ1) is 22.6. The van der Waals surface area contributed by atoms with Crippen LogP contribution in [0.2, 0.25) is 0 Å². The number of carboxylic acids is 4. The Hall–Kier alpha value is -2.90. The maximum Gasteiger partial charge on any atom is 0.310 e. The molecule has 0 spiro atoms. The lowest BCUT2D eigenvalue weighted by Crippen LogP contribution is -2.45. The van der Waals surface area contributed by atoms with Gasteiger partial charge in [0.1, 0.15) is 0 Å². The number of hydrogen-bond acceptors (Lipinski definition) is 4. The van der Waals surface area contributed by atoms with Crippen molar-refractivity contribution in [2.24, 2.45) is 50.7 Å². The van der Waals surface area contributed by atoms with Crippen molar-refractivity contribution < 1.29 is 39.6 Å². The molecule has 0 amide bonds. The molecule has 186 valence electrons. The molecule has 0 aromatic carbocycles. The van der Waals surface area contributed by atoms with Gasteiger partial charge in [0.15, 0.2) is 0 Å². The van der Waals surface area contributed by atoms with Gasteiger partial charge in [-0.3, -0.25) is 19.2 Å². The highest BCUT2D eigenvalue weighted by Gasteiger charge is 2.74. The largest absolute Gasteiger partial charge is 0.481 e. The maximum absolute atomic E-state index is 12.6. The minimum absolute atomic E-state index is 0.0534. The van der Waals surface area contributed by atoms with Crippen molar-refractivity contribution in [2.45, 2.75) is 51.4 Å². The first-order valence-electron chi connectivity index (χ1n) is 12.4. The molecule has 6 aliphatic carbocycles. The predicted octanol–water partition coefficient (Wildman–Crippen LogP) is 3.59. The SMILES string of the molecule is O=C(O)CC1(C(=O)O)CC2(C34C=CC(CC5(C(=O)O)CC6C=CC5C6)(CC3C(=O)O)C4)C=CC1C2. The molecule has 6 bridgehead atoms. The number of allylic oxidation sites excluding steroid dienone is 6. The molecule has 6 rings (SSSR count). The Labute approximate surface area is 202 Å². The van der Waals surface area contributed by atoms with Crippen molar-refractivity contribution in [3.05, 3.63) is 36.5 Å². The summed E-state index contributed by atoms with van der Waals surface area (Å²) in [6.45, 7) is 0. The van der Waals surface area contributed by atoms with Crippen LogP contribution in [0.15, 0.2) is 36.5 Å². The van der Waals surface area contributed by atoms with E-state index in [9.17, 15) is 39.6 Å². The normalized spacial score (nSPS) is 49.8. The quantitative estimate of drug-likeness (QED) is 0.384. The number of carboxylic acid groups (broad SMARTS) is 4. The monoisotopic (exact) mass is 482 g/mol. The smallest absolute Gasteiger partial charge is 0.310 e. The topological polar surface area (TPSA) is 149 Å². The number of fused-ring (bicyclic) bond motifs is 7. The van der Waals surface area contributed by atoms with Crippen LogP contribution in [0.3, 0.4) is 0 Å². The van der Waals surface area contributed by atoms with Gasteiger partial charge in [-0.1, -0.05) is 36.5 Å². The van der Waals surface area contributed by atoms with Gasteiger partial charge in [-0.25, -0.2) is 0 Å². The molecule has 0 saturated heterocycles. The third-order valence-electron chi connectivity index (χ3n) is 10.9. The Morgan fingerprint density at radius 3 is 2.09 bits per heavy atom. The van der Waals surface area contributed by atoms with Crippen LogP contribution < -0.4 is 0 Å². The zero-order valence-corrected chi connectivity index (χ0v) is 19.4. The zero-order chi connectivity index (χ0) is 25.0. The Bertz CT molecular complexity index is 1150. The second-order valence-corrected chi connectivity index (χ2v) is 12.4. The molecule has 9 atom stereocenters. The highest BCUT2D eigenvalue weighted by atomic mass is 16.4. The van der Waals surface area contributed by atoms with E-state index in [-0.39, 0.29) is 18.3 Å². The Morgan fingerprint density at radius 2 is 1.51 bits per heavy atom. The molecule has 8 heteroatoms. The number of rotatable bonds is 8. The van der Waals surface area contributed by atoms with Gasteiger partial charge in [-0.05, 0) is 73.5 Å². The van der Waals surface area contributed by atoms with E-state index in [2.05, 4.69) is 6.08 Å². The minimum atomic E-state index is -1.46. The molecule has 0 aliphatic heterocycles. The van der Waals surface area contributed by atoms with Gasteiger partial charge < -0.3 is 20.4 Å². The van der Waals surface area contributed by atoms with Gasteiger partial charge in [0.2, 0.25) is 0 Å². The van der Waals surface area contributed by atoms with Crippen molar-refractivity contribution in [1.29, 1.82) is 0 Å². The average molecular weight is 483 g/mol. The Kier molecular flexibility index (Phi) is 4.28. The fourth-order valence-electron chi connectivity index (χ4n) is 9.61. The van der Waals surface area contributed by atoms with E-state index >= 15 is 0 Å². The maximum atomic E-state index is 12.6. The fraction of sp³-hybridized carbons (Fsp3) is 0.630. The molecule has 3 fully saturated rings. The van der Waals surface area contributed by atoms with E-state index in [1.165, 1.54) is 0 Å². The van der Waals surface area contributed by atoms with Gasteiger partial charge in [0.05, 0.1) is 23.2 Å². The van der Waals surface area contributed by atoms with E-state index in [1.54, 1.807) is 6.08 Å². The van der Waals surface area contributed by atoms with Gasteiger partial charge in [-0.2, -0.15) is 0 Å². The summed E-state index contributed by atoms with van der Waals surface area (Å²) < 4.78 is 0. The van der Waals surface area contributed by atoms with Crippen molar-refractivity contribution >= 4 is 23.9 Å².